The van der Waals surface area contributed by atoms with E-state index in [4.69, 9.17) is 16.3 Å². The molecule has 3 N–H and O–H groups in total. The summed E-state index contributed by atoms with van der Waals surface area (Å²) in [5.41, 5.74) is 1.66. The fraction of sp³-hybridized carbons (Fsp3) is 0.226. The summed E-state index contributed by atoms with van der Waals surface area (Å²) in [5, 5.41) is 15.2. The molecule has 0 spiro atoms. The third-order valence-corrected chi connectivity index (χ3v) is 8.69. The number of H-pyrrole nitrogens is 1. The zero-order valence-electron chi connectivity index (χ0n) is 22.2. The number of aromatic amines is 1. The Morgan fingerprint density at radius 1 is 1.05 bits per heavy atom. The molecule has 4 atom stereocenters. The third kappa shape index (κ3) is 4.11. The van der Waals surface area contributed by atoms with Crippen LogP contribution in [0.4, 0.5) is 5.69 Å². The predicted octanol–water partition coefficient (Wildman–Crippen LogP) is 4.43. The van der Waals surface area contributed by atoms with Crippen molar-refractivity contribution in [2.45, 2.75) is 24.9 Å². The number of hydrogen-bond donors (Lipinski definition) is 3. The maximum Gasteiger partial charge on any atom is 0.337 e. The van der Waals surface area contributed by atoms with Crippen molar-refractivity contribution in [3.05, 3.63) is 100 Å². The number of imide groups is 1. The van der Waals surface area contributed by atoms with E-state index in [0.29, 0.717) is 21.7 Å². The Morgan fingerprint density at radius 3 is 2.46 bits per heavy atom. The van der Waals surface area contributed by atoms with Crippen molar-refractivity contribution in [1.29, 1.82) is 0 Å². The van der Waals surface area contributed by atoms with Gasteiger partial charge in [0.1, 0.15) is 5.54 Å². The molecule has 6 rings (SSSR count). The van der Waals surface area contributed by atoms with Crippen molar-refractivity contribution in [2.24, 2.45) is 11.8 Å². The minimum absolute atomic E-state index is 0.0498. The van der Waals surface area contributed by atoms with Gasteiger partial charge in [0.25, 0.3) is 0 Å². The minimum Gasteiger partial charge on any atom is -0.480 e. The average molecular weight is 572 g/mol. The number of esters is 1. The van der Waals surface area contributed by atoms with Crippen LogP contribution in [0.5, 0.6) is 0 Å². The Kier molecular flexibility index (Phi) is 6.43. The zero-order chi connectivity index (χ0) is 29.1. The van der Waals surface area contributed by atoms with Gasteiger partial charge in [-0.3, -0.25) is 19.7 Å². The van der Waals surface area contributed by atoms with Crippen molar-refractivity contribution in [3.8, 4) is 0 Å². The molecule has 3 heterocycles. The fourth-order valence-electron chi connectivity index (χ4n) is 6.22. The molecule has 10 heteroatoms. The van der Waals surface area contributed by atoms with E-state index in [9.17, 15) is 24.3 Å². The van der Waals surface area contributed by atoms with E-state index in [2.05, 4.69) is 10.3 Å². The van der Waals surface area contributed by atoms with E-state index >= 15 is 0 Å². The van der Waals surface area contributed by atoms with Crippen LogP contribution >= 0.6 is 11.6 Å². The number of aromatic nitrogens is 1. The van der Waals surface area contributed by atoms with E-state index in [0.717, 1.165) is 21.4 Å². The smallest absolute Gasteiger partial charge is 0.337 e. The Morgan fingerprint density at radius 2 is 1.78 bits per heavy atom. The normalized spacial score (nSPS) is 23.7. The van der Waals surface area contributed by atoms with E-state index < -0.39 is 47.2 Å². The van der Waals surface area contributed by atoms with E-state index in [1.807, 2.05) is 31.2 Å². The number of nitrogens with one attached hydrogen (secondary N) is 2. The molecule has 2 saturated heterocycles. The third-order valence-electron chi connectivity index (χ3n) is 8.28. The number of ether oxygens (including phenoxy) is 1. The number of rotatable bonds is 6. The van der Waals surface area contributed by atoms with Gasteiger partial charge < -0.3 is 14.8 Å². The number of carbonyl (C=O) groups excluding carboxylic acids is 3. The van der Waals surface area contributed by atoms with Gasteiger partial charge in [-0.25, -0.2) is 9.69 Å². The first-order valence-corrected chi connectivity index (χ1v) is 13.4. The summed E-state index contributed by atoms with van der Waals surface area (Å²) < 4.78 is 4.79. The Labute approximate surface area is 240 Å². The second-order valence-electron chi connectivity index (χ2n) is 10.5. The van der Waals surface area contributed by atoms with Crippen LogP contribution in [-0.4, -0.2) is 46.5 Å². The van der Waals surface area contributed by atoms with Gasteiger partial charge >= 0.3 is 11.9 Å². The summed E-state index contributed by atoms with van der Waals surface area (Å²) in [6.07, 6.45) is 1.69. The lowest BCUT2D eigenvalue weighted by atomic mass is 9.76. The highest BCUT2D eigenvalue weighted by atomic mass is 35.5. The number of benzene rings is 3. The van der Waals surface area contributed by atoms with Crippen LogP contribution in [0.1, 0.15) is 33.1 Å². The molecule has 4 unspecified atom stereocenters. The average Bonchev–Trinajstić information content (AvgIpc) is 3.62. The van der Waals surface area contributed by atoms with Crippen molar-refractivity contribution in [3.63, 3.8) is 0 Å². The maximum atomic E-state index is 14.2. The second-order valence-corrected chi connectivity index (χ2v) is 10.9. The van der Waals surface area contributed by atoms with Gasteiger partial charge in [0, 0.05) is 34.6 Å². The fourth-order valence-corrected chi connectivity index (χ4v) is 6.40. The van der Waals surface area contributed by atoms with Gasteiger partial charge in [0.15, 0.2) is 0 Å². The number of carboxylic acids is 1. The number of carboxylic acid groups (broad SMARTS) is 1. The van der Waals surface area contributed by atoms with E-state index in [-0.39, 0.29) is 12.1 Å². The number of amides is 2. The van der Waals surface area contributed by atoms with Gasteiger partial charge in [-0.1, -0.05) is 48.0 Å². The first kappa shape index (κ1) is 26.7. The summed E-state index contributed by atoms with van der Waals surface area (Å²) in [6.45, 7) is 1.81. The van der Waals surface area contributed by atoms with Crippen LogP contribution in [0.2, 0.25) is 5.02 Å². The van der Waals surface area contributed by atoms with Crippen LogP contribution in [0.15, 0.2) is 72.9 Å². The Balaban J connectivity index is 1.49. The number of para-hydroxylation sites is 1. The Hall–Kier alpha value is -4.47. The molecule has 2 amide bonds. The number of fused-ring (bicyclic) bond motifs is 2. The molecule has 0 bridgehead atoms. The lowest BCUT2D eigenvalue weighted by Gasteiger charge is -2.31. The summed E-state index contributed by atoms with van der Waals surface area (Å²) in [7, 11) is 1.28. The number of methoxy groups -OCH3 is 1. The molecule has 4 aromatic rings. The van der Waals surface area contributed by atoms with Crippen molar-refractivity contribution < 1.29 is 29.0 Å². The van der Waals surface area contributed by atoms with E-state index in [1.165, 1.54) is 7.11 Å². The number of aliphatic carboxylic acids is 1. The van der Waals surface area contributed by atoms with Crippen LogP contribution in [0.25, 0.3) is 10.9 Å². The number of hydrogen-bond acceptors (Lipinski definition) is 6. The molecule has 0 aliphatic carbocycles. The van der Waals surface area contributed by atoms with Gasteiger partial charge in [0.2, 0.25) is 11.8 Å². The molecular formula is C31H26ClN3O6. The van der Waals surface area contributed by atoms with Crippen LogP contribution in [0.3, 0.4) is 0 Å². The molecule has 41 heavy (non-hydrogen) atoms. The maximum absolute atomic E-state index is 14.2. The molecule has 0 radical (unpaired) electrons. The van der Waals surface area contributed by atoms with Crippen molar-refractivity contribution >= 4 is 51.9 Å². The predicted molar refractivity (Wildman–Crippen MR) is 152 cm³/mol. The SMILES string of the molecule is COC(=O)c1ccc(C2NC(Cc3c[nH]c4ccccc34)(C(=O)O)C3C(=O)N(c4ccc(C)c(Cl)c4)C(=O)C23)cc1. The highest BCUT2D eigenvalue weighted by Gasteiger charge is 2.68. The summed E-state index contributed by atoms with van der Waals surface area (Å²) in [6, 6.07) is 18.0. The lowest BCUT2D eigenvalue weighted by molar-refractivity contribution is -0.148. The number of anilines is 1. The zero-order valence-corrected chi connectivity index (χ0v) is 22.9. The minimum atomic E-state index is -1.81. The molecular weight excluding hydrogens is 546 g/mol. The van der Waals surface area contributed by atoms with Crippen LogP contribution < -0.4 is 10.2 Å². The van der Waals surface area contributed by atoms with Gasteiger partial charge in [-0.15, -0.1) is 0 Å². The summed E-state index contributed by atoms with van der Waals surface area (Å²) >= 11 is 6.35. The van der Waals surface area contributed by atoms with Crippen LogP contribution in [-0.2, 0) is 25.5 Å². The molecule has 2 aliphatic heterocycles. The highest BCUT2D eigenvalue weighted by Crippen LogP contribution is 2.51. The van der Waals surface area contributed by atoms with E-state index in [1.54, 1.807) is 48.7 Å². The number of aryl methyl sites for hydroxylation is 1. The number of halogens is 1. The Bertz CT molecular complexity index is 1730. The molecule has 2 aliphatic rings. The number of carbonyl (C=O) groups is 4. The standard InChI is InChI=1S/C31H26ClN3O6/c1-16-7-12-20(13-22(16)32)35-27(36)24-25(28(35)37)31(30(39)40,14-19-15-33-23-6-4-3-5-21(19)23)34-26(24)17-8-10-18(11-9-17)29(38)41-2/h3-13,15,24-26,33-34H,14H2,1-2H3,(H,39,40). The molecule has 208 valence electrons. The number of nitrogens with zero attached hydrogens (tertiary/aromatic N) is 1. The van der Waals surface area contributed by atoms with Crippen molar-refractivity contribution in [1.82, 2.24) is 10.3 Å². The largest absolute Gasteiger partial charge is 0.480 e. The van der Waals surface area contributed by atoms with Gasteiger partial charge in [-0.2, -0.15) is 0 Å². The van der Waals surface area contributed by atoms with Crippen LogP contribution in [0, 0.1) is 18.8 Å². The highest BCUT2D eigenvalue weighted by molar-refractivity contribution is 6.32. The molecule has 9 nitrogen and oxygen atoms in total. The monoisotopic (exact) mass is 571 g/mol. The molecule has 1 aromatic heterocycles. The lowest BCUT2D eigenvalue weighted by Crippen LogP contribution is -2.57. The first-order chi connectivity index (χ1) is 19.7. The quantitative estimate of drug-likeness (QED) is 0.231. The molecule has 2 fully saturated rings. The summed E-state index contributed by atoms with van der Waals surface area (Å²) in [5.74, 6) is -5.13. The first-order valence-electron chi connectivity index (χ1n) is 13.0. The van der Waals surface area contributed by atoms with Gasteiger partial charge in [0.05, 0.1) is 30.2 Å². The van der Waals surface area contributed by atoms with Gasteiger partial charge in [-0.05, 0) is 53.9 Å². The molecule has 3 aromatic carbocycles. The second kappa shape index (κ2) is 9.87. The van der Waals surface area contributed by atoms with Crippen molar-refractivity contribution in [2.75, 3.05) is 12.0 Å². The topological polar surface area (TPSA) is 129 Å². The molecule has 0 saturated carbocycles. The summed E-state index contributed by atoms with van der Waals surface area (Å²) in [4.78, 5) is 57.7.